The van der Waals surface area contributed by atoms with Gasteiger partial charge in [-0.1, -0.05) is 0 Å². The van der Waals surface area contributed by atoms with Crippen molar-refractivity contribution in [3.63, 3.8) is 0 Å². The second-order valence-corrected chi connectivity index (χ2v) is 5.32. The number of nitrogens with zero attached hydrogens (tertiary/aromatic N) is 2. The van der Waals surface area contributed by atoms with E-state index in [1.807, 2.05) is 0 Å². The van der Waals surface area contributed by atoms with Gasteiger partial charge < -0.3 is 31.5 Å². The first-order chi connectivity index (χ1) is 12.8. The fraction of sp³-hybridized carbons (Fsp3) is 0.111. The minimum absolute atomic E-state index is 0. The van der Waals surface area contributed by atoms with Gasteiger partial charge in [-0.3, -0.25) is 0 Å². The molecule has 28 heavy (non-hydrogen) atoms. The average Bonchev–Trinajstić information content (AvgIpc) is 2.71. The summed E-state index contributed by atoms with van der Waals surface area (Å²) in [5.74, 6) is -0.981. The summed E-state index contributed by atoms with van der Waals surface area (Å²) in [5, 5.41) is 24.5. The van der Waals surface area contributed by atoms with E-state index >= 15 is 0 Å². The Kier molecular flexibility index (Phi) is 13.7. The number of carbonyl (C=O) groups is 2. The van der Waals surface area contributed by atoms with Gasteiger partial charge in [-0.25, -0.2) is 14.4 Å². The maximum Gasteiger partial charge on any atom is 1.00 e. The van der Waals surface area contributed by atoms with Crippen LogP contribution in [0, 0.1) is 18.4 Å². The minimum Gasteiger partial charge on any atom is -0.519 e. The number of phenolic OH excluding ortho intramolecular Hbond substituents is 2. The molecule has 0 aliphatic rings. The van der Waals surface area contributed by atoms with Crippen molar-refractivity contribution < 1.29 is 46.3 Å². The number of carbonyl (C=O) groups excluding carboxylic acids is 2. The van der Waals surface area contributed by atoms with Crippen molar-refractivity contribution in [2.24, 2.45) is 0 Å². The molecule has 0 aliphatic carbocycles. The van der Waals surface area contributed by atoms with Crippen molar-refractivity contribution in [2.75, 3.05) is 14.2 Å². The van der Waals surface area contributed by atoms with E-state index in [1.165, 1.54) is 50.6 Å². The Labute approximate surface area is 180 Å². The molecule has 0 heterocycles. The Hall–Kier alpha value is -3.04. The standard InChI is InChI=1S/C9H7NO3.C8H7BrO3.CN.Cu/c1-10-7-5-6(9(12)13-2)3-4-8(7)11;1-12-8(11)5-2-3-7(10)6(9)4-5;1-2;/h3-5,11H,2H3;2-4,10H,1H3;;/q;;-1;+1. The summed E-state index contributed by atoms with van der Waals surface area (Å²) < 4.78 is 9.42. The van der Waals surface area contributed by atoms with Gasteiger partial charge in [0.1, 0.15) is 11.5 Å². The SMILES string of the molecule is COC(=O)c1ccc(O)c(Br)c1.[C-]#N.[C-]#[N+]c1cc(C(=O)OC)ccc1O.[Cu+]. The van der Waals surface area contributed by atoms with Crippen LogP contribution in [0.15, 0.2) is 40.9 Å². The normalized spacial score (nSPS) is 8.29. The van der Waals surface area contributed by atoms with Gasteiger partial charge in [0.25, 0.3) is 0 Å². The number of benzene rings is 2. The second-order valence-electron chi connectivity index (χ2n) is 4.46. The largest absolute Gasteiger partial charge is 1.00 e. The van der Waals surface area contributed by atoms with Crippen LogP contribution in [0.25, 0.3) is 4.85 Å². The van der Waals surface area contributed by atoms with Crippen molar-refractivity contribution in [1.29, 1.82) is 5.26 Å². The van der Waals surface area contributed by atoms with Gasteiger partial charge in [0.15, 0.2) is 0 Å². The summed E-state index contributed by atoms with van der Waals surface area (Å²) in [6, 6.07) is 8.40. The third-order valence-corrected chi connectivity index (χ3v) is 3.52. The summed E-state index contributed by atoms with van der Waals surface area (Å²) in [4.78, 5) is 25.0. The molecule has 10 heteroatoms. The monoisotopic (exact) mass is 496 g/mol. The third-order valence-electron chi connectivity index (χ3n) is 2.89. The molecule has 0 atom stereocenters. The van der Waals surface area contributed by atoms with Crippen molar-refractivity contribution in [1.82, 2.24) is 0 Å². The molecule has 0 unspecified atom stereocenters. The van der Waals surface area contributed by atoms with Gasteiger partial charge in [-0.15, -0.1) is 0 Å². The van der Waals surface area contributed by atoms with Gasteiger partial charge >= 0.3 is 29.0 Å². The Bertz CT molecular complexity index is 880. The fourth-order valence-electron chi connectivity index (χ4n) is 1.61. The molecule has 0 saturated carbocycles. The van der Waals surface area contributed by atoms with Crippen LogP contribution in [-0.2, 0) is 26.5 Å². The molecule has 0 spiro atoms. The summed E-state index contributed by atoms with van der Waals surface area (Å²) in [7, 11) is 2.57. The third kappa shape index (κ3) is 8.11. The molecule has 150 valence electrons. The van der Waals surface area contributed by atoms with E-state index < -0.39 is 11.9 Å². The molecule has 0 radical (unpaired) electrons. The number of methoxy groups -OCH3 is 2. The smallest absolute Gasteiger partial charge is 0.519 e. The van der Waals surface area contributed by atoms with Crippen molar-refractivity contribution in [3.8, 4) is 11.5 Å². The van der Waals surface area contributed by atoms with Crippen molar-refractivity contribution >= 4 is 33.6 Å². The second kappa shape index (κ2) is 14.1. The van der Waals surface area contributed by atoms with Gasteiger partial charge in [0.2, 0.25) is 5.69 Å². The van der Waals surface area contributed by atoms with Crippen molar-refractivity contribution in [3.05, 3.63) is 70.0 Å². The van der Waals surface area contributed by atoms with Crippen LogP contribution in [0.2, 0.25) is 0 Å². The van der Waals surface area contributed by atoms with Crippen LogP contribution in [0.1, 0.15) is 20.7 Å². The van der Waals surface area contributed by atoms with Gasteiger partial charge in [0.05, 0.1) is 30.8 Å². The first kappa shape index (κ1) is 27.2. The predicted octanol–water partition coefficient (Wildman–Crippen LogP) is 3.76. The van der Waals surface area contributed by atoms with E-state index in [0.717, 1.165) is 0 Å². The molecule has 0 fully saturated rings. The summed E-state index contributed by atoms with van der Waals surface area (Å²) in [5.41, 5.74) is 0.705. The van der Waals surface area contributed by atoms with E-state index in [4.69, 9.17) is 28.6 Å². The van der Waals surface area contributed by atoms with Crippen LogP contribution in [-0.4, -0.2) is 36.4 Å². The molecule has 2 aromatic rings. The summed E-state index contributed by atoms with van der Waals surface area (Å²) >= 11 is 3.09. The number of halogens is 1. The number of esters is 2. The zero-order valence-corrected chi connectivity index (χ0v) is 17.1. The van der Waals surface area contributed by atoms with Crippen LogP contribution in [0.5, 0.6) is 11.5 Å². The Balaban J connectivity index is 0. The number of hydrogen-bond acceptors (Lipinski definition) is 7. The Morgan fingerprint density at radius 1 is 0.964 bits per heavy atom. The fourth-order valence-corrected chi connectivity index (χ4v) is 1.99. The maximum absolute atomic E-state index is 11.0. The molecular weight excluding hydrogens is 484 g/mol. The van der Waals surface area contributed by atoms with Crippen LogP contribution in [0.3, 0.4) is 0 Å². The molecule has 0 aliphatic heterocycles. The quantitative estimate of drug-likeness (QED) is 0.368. The Morgan fingerprint density at radius 2 is 1.39 bits per heavy atom. The Morgan fingerprint density at radius 3 is 1.79 bits per heavy atom. The minimum atomic E-state index is -0.523. The number of phenols is 2. The molecular formula is C18H14BrCuN2O6. The predicted molar refractivity (Wildman–Crippen MR) is 97.8 cm³/mol. The molecule has 0 saturated heterocycles. The van der Waals surface area contributed by atoms with E-state index in [2.05, 4.69) is 30.2 Å². The first-order valence-electron chi connectivity index (χ1n) is 6.92. The molecule has 2 rings (SSSR count). The van der Waals surface area contributed by atoms with E-state index in [1.54, 1.807) is 0 Å². The average molecular weight is 498 g/mol. The summed E-state index contributed by atoms with van der Waals surface area (Å²) in [6.07, 6.45) is 0. The van der Waals surface area contributed by atoms with Crippen molar-refractivity contribution in [2.45, 2.75) is 0 Å². The number of hydrogen-bond donors (Lipinski definition) is 2. The summed E-state index contributed by atoms with van der Waals surface area (Å²) in [6.45, 7) is 11.4. The first-order valence-corrected chi connectivity index (χ1v) is 7.71. The molecule has 0 amide bonds. The van der Waals surface area contributed by atoms with Crippen LogP contribution >= 0.6 is 15.9 Å². The number of ether oxygens (including phenoxy) is 2. The molecule has 0 bridgehead atoms. The number of rotatable bonds is 2. The van der Waals surface area contributed by atoms with Crippen LogP contribution < -0.4 is 0 Å². The molecule has 2 aromatic carbocycles. The van der Waals surface area contributed by atoms with E-state index in [0.29, 0.717) is 10.0 Å². The van der Waals surface area contributed by atoms with Crippen LogP contribution in [0.4, 0.5) is 5.69 Å². The van der Waals surface area contributed by atoms with Gasteiger partial charge in [-0.05, 0) is 52.3 Å². The zero-order valence-electron chi connectivity index (χ0n) is 14.6. The topological polar surface area (TPSA) is 121 Å². The van der Waals surface area contributed by atoms with Gasteiger partial charge in [0, 0.05) is 5.56 Å². The zero-order chi connectivity index (χ0) is 21.0. The van der Waals surface area contributed by atoms with E-state index in [-0.39, 0.29) is 39.8 Å². The number of aromatic hydroxyl groups is 2. The maximum atomic E-state index is 11.0. The molecule has 8 nitrogen and oxygen atoms in total. The van der Waals surface area contributed by atoms with E-state index in [9.17, 15) is 9.59 Å². The van der Waals surface area contributed by atoms with Gasteiger partial charge in [-0.2, -0.15) is 0 Å². The molecule has 0 aromatic heterocycles. The molecule has 2 N–H and O–H groups in total.